The van der Waals surface area contributed by atoms with Crippen molar-refractivity contribution in [1.29, 1.82) is 0 Å². The molecule has 7 heteroatoms. The second-order valence-corrected chi connectivity index (χ2v) is 7.39. The maximum absolute atomic E-state index is 13.1. The molecule has 1 N–H and O–H groups in total. The van der Waals surface area contributed by atoms with E-state index in [4.69, 9.17) is 4.74 Å². The molecular weight excluding hydrogens is 335 g/mol. The highest BCUT2D eigenvalue weighted by atomic mass is 19.1. The van der Waals surface area contributed by atoms with Crippen molar-refractivity contribution in [2.24, 2.45) is 0 Å². The lowest BCUT2D eigenvalue weighted by Crippen LogP contribution is -2.66. The summed E-state index contributed by atoms with van der Waals surface area (Å²) in [5, 5.41) is 3.13. The third-order valence-corrected chi connectivity index (χ3v) is 5.72. The first-order valence-electron chi connectivity index (χ1n) is 9.57. The molecule has 1 aromatic carbocycles. The molecule has 2 amide bonds. The predicted molar refractivity (Wildman–Crippen MR) is 97.9 cm³/mol. The lowest BCUT2D eigenvalue weighted by molar-refractivity contribution is 0.0461. The molecule has 0 aliphatic carbocycles. The number of nitrogens with one attached hydrogen (secondary N) is 1. The summed E-state index contributed by atoms with van der Waals surface area (Å²) in [5.41, 5.74) is 1.08. The standard InChI is InChI=1S/C19H27FN4O2/c20-15-1-3-17(4-2-15)22-7-9-23(10-8-22)18-13-24(14-18)19(25)21-16-5-11-26-12-6-16/h1-4,16,18H,5-14H2,(H,21,25). The number of likely N-dealkylation sites (tertiary alicyclic amines) is 1. The van der Waals surface area contributed by atoms with Crippen molar-refractivity contribution in [3.8, 4) is 0 Å². The van der Waals surface area contributed by atoms with Crippen molar-refractivity contribution in [2.75, 3.05) is 57.4 Å². The fraction of sp³-hybridized carbons (Fsp3) is 0.632. The van der Waals surface area contributed by atoms with Gasteiger partial charge in [-0.05, 0) is 37.1 Å². The molecule has 0 atom stereocenters. The van der Waals surface area contributed by atoms with Crippen LogP contribution in [0.1, 0.15) is 12.8 Å². The van der Waals surface area contributed by atoms with Crippen LogP contribution < -0.4 is 10.2 Å². The minimum absolute atomic E-state index is 0.0677. The van der Waals surface area contributed by atoms with Crippen LogP contribution in [0.3, 0.4) is 0 Å². The average Bonchev–Trinajstić information content (AvgIpc) is 2.63. The molecule has 0 unspecified atom stereocenters. The minimum atomic E-state index is -0.194. The van der Waals surface area contributed by atoms with Gasteiger partial charge in [-0.3, -0.25) is 4.90 Å². The summed E-state index contributed by atoms with van der Waals surface area (Å²) < 4.78 is 18.4. The minimum Gasteiger partial charge on any atom is -0.381 e. The van der Waals surface area contributed by atoms with E-state index in [2.05, 4.69) is 15.1 Å². The molecule has 0 saturated carbocycles. The first kappa shape index (κ1) is 17.5. The summed E-state index contributed by atoms with van der Waals surface area (Å²) in [6.45, 7) is 6.96. The lowest BCUT2D eigenvalue weighted by Gasteiger charge is -2.48. The van der Waals surface area contributed by atoms with E-state index >= 15 is 0 Å². The van der Waals surface area contributed by atoms with Crippen LogP contribution in [-0.2, 0) is 4.74 Å². The number of benzene rings is 1. The smallest absolute Gasteiger partial charge is 0.317 e. The van der Waals surface area contributed by atoms with Gasteiger partial charge in [-0.15, -0.1) is 0 Å². The van der Waals surface area contributed by atoms with Gasteiger partial charge in [0.15, 0.2) is 0 Å². The molecule has 26 heavy (non-hydrogen) atoms. The van der Waals surface area contributed by atoms with Crippen LogP contribution in [0, 0.1) is 5.82 Å². The average molecular weight is 362 g/mol. The van der Waals surface area contributed by atoms with Gasteiger partial charge in [-0.25, -0.2) is 9.18 Å². The van der Waals surface area contributed by atoms with E-state index in [9.17, 15) is 9.18 Å². The SMILES string of the molecule is O=C(NC1CCOCC1)N1CC(N2CCN(c3ccc(F)cc3)CC2)C1. The van der Waals surface area contributed by atoms with Crippen molar-refractivity contribution >= 4 is 11.7 Å². The van der Waals surface area contributed by atoms with E-state index in [1.807, 2.05) is 17.0 Å². The highest BCUT2D eigenvalue weighted by Gasteiger charge is 2.36. The highest BCUT2D eigenvalue weighted by molar-refractivity contribution is 5.75. The van der Waals surface area contributed by atoms with Crippen LogP contribution in [0.25, 0.3) is 0 Å². The fourth-order valence-corrected chi connectivity index (χ4v) is 3.96. The molecule has 3 aliphatic rings. The van der Waals surface area contributed by atoms with E-state index in [0.717, 1.165) is 71.0 Å². The van der Waals surface area contributed by atoms with E-state index in [1.165, 1.54) is 12.1 Å². The highest BCUT2D eigenvalue weighted by Crippen LogP contribution is 2.21. The quantitative estimate of drug-likeness (QED) is 0.886. The Morgan fingerprint density at radius 2 is 1.69 bits per heavy atom. The Balaban J connectivity index is 1.19. The number of urea groups is 1. The molecular formula is C19H27FN4O2. The third kappa shape index (κ3) is 3.94. The number of carbonyl (C=O) groups excluding carboxylic acids is 1. The molecule has 0 radical (unpaired) electrons. The molecule has 3 heterocycles. The van der Waals surface area contributed by atoms with Crippen LogP contribution in [0.15, 0.2) is 24.3 Å². The van der Waals surface area contributed by atoms with Crippen molar-refractivity contribution in [3.05, 3.63) is 30.1 Å². The van der Waals surface area contributed by atoms with E-state index < -0.39 is 0 Å². The molecule has 142 valence electrons. The summed E-state index contributed by atoms with van der Waals surface area (Å²) >= 11 is 0. The molecule has 3 fully saturated rings. The van der Waals surface area contributed by atoms with Crippen molar-refractivity contribution in [3.63, 3.8) is 0 Å². The zero-order valence-corrected chi connectivity index (χ0v) is 15.1. The maximum atomic E-state index is 13.1. The lowest BCUT2D eigenvalue weighted by atomic mass is 10.1. The first-order chi connectivity index (χ1) is 12.7. The van der Waals surface area contributed by atoms with Gasteiger partial charge in [0.25, 0.3) is 0 Å². The van der Waals surface area contributed by atoms with Crippen molar-refractivity contribution < 1.29 is 13.9 Å². The van der Waals surface area contributed by atoms with Gasteiger partial charge in [0.05, 0.1) is 0 Å². The van der Waals surface area contributed by atoms with Gasteiger partial charge in [0, 0.05) is 70.3 Å². The summed E-state index contributed by atoms with van der Waals surface area (Å²) in [6.07, 6.45) is 1.82. The zero-order valence-electron chi connectivity index (χ0n) is 15.1. The number of nitrogens with zero attached hydrogens (tertiary/aromatic N) is 3. The fourth-order valence-electron chi connectivity index (χ4n) is 3.96. The van der Waals surface area contributed by atoms with Gasteiger partial charge < -0.3 is 19.9 Å². The molecule has 0 bridgehead atoms. The summed E-state index contributed by atoms with van der Waals surface area (Å²) in [6, 6.07) is 7.51. The molecule has 3 aliphatic heterocycles. The van der Waals surface area contributed by atoms with Crippen molar-refractivity contribution in [1.82, 2.24) is 15.1 Å². The van der Waals surface area contributed by atoms with Crippen LogP contribution in [0.2, 0.25) is 0 Å². The molecule has 6 nitrogen and oxygen atoms in total. The number of hydrogen-bond acceptors (Lipinski definition) is 4. The Hall–Kier alpha value is -1.86. The van der Waals surface area contributed by atoms with Gasteiger partial charge in [0.2, 0.25) is 0 Å². The van der Waals surface area contributed by atoms with E-state index in [1.54, 1.807) is 0 Å². The van der Waals surface area contributed by atoms with Crippen LogP contribution in [0.5, 0.6) is 0 Å². The predicted octanol–water partition coefficient (Wildman–Crippen LogP) is 1.52. The first-order valence-corrected chi connectivity index (χ1v) is 9.57. The number of halogens is 1. The molecule has 1 aromatic rings. The monoisotopic (exact) mass is 362 g/mol. The Labute approximate surface area is 153 Å². The van der Waals surface area contributed by atoms with Gasteiger partial charge in [-0.1, -0.05) is 0 Å². The zero-order chi connectivity index (χ0) is 17.9. The summed E-state index contributed by atoms with van der Waals surface area (Å²) in [7, 11) is 0. The topological polar surface area (TPSA) is 48.1 Å². The van der Waals surface area contributed by atoms with Crippen LogP contribution in [0.4, 0.5) is 14.9 Å². The number of rotatable bonds is 3. The second kappa shape index (κ2) is 7.80. The number of carbonyl (C=O) groups is 1. The Morgan fingerprint density at radius 1 is 1.04 bits per heavy atom. The molecule has 0 aromatic heterocycles. The number of anilines is 1. The number of piperazine rings is 1. The normalized spacial score (nSPS) is 23.0. The number of amides is 2. The largest absolute Gasteiger partial charge is 0.381 e. The summed E-state index contributed by atoms with van der Waals surface area (Å²) in [5.74, 6) is -0.194. The summed E-state index contributed by atoms with van der Waals surface area (Å²) in [4.78, 5) is 19.0. The van der Waals surface area contributed by atoms with Gasteiger partial charge in [0.1, 0.15) is 5.82 Å². The molecule has 0 spiro atoms. The van der Waals surface area contributed by atoms with Crippen LogP contribution in [-0.4, -0.2) is 80.4 Å². The maximum Gasteiger partial charge on any atom is 0.317 e. The van der Waals surface area contributed by atoms with Gasteiger partial charge >= 0.3 is 6.03 Å². The third-order valence-electron chi connectivity index (χ3n) is 5.72. The second-order valence-electron chi connectivity index (χ2n) is 7.39. The Morgan fingerprint density at radius 3 is 2.35 bits per heavy atom. The Bertz CT molecular complexity index is 606. The van der Waals surface area contributed by atoms with Crippen LogP contribution >= 0.6 is 0 Å². The van der Waals surface area contributed by atoms with Gasteiger partial charge in [-0.2, -0.15) is 0 Å². The number of hydrogen-bond donors (Lipinski definition) is 1. The Kier molecular flexibility index (Phi) is 5.26. The molecule has 3 saturated heterocycles. The molecule has 4 rings (SSSR count). The van der Waals surface area contributed by atoms with E-state index in [0.29, 0.717) is 6.04 Å². The van der Waals surface area contributed by atoms with Crippen molar-refractivity contribution in [2.45, 2.75) is 24.9 Å². The number of ether oxygens (including phenoxy) is 1. The van der Waals surface area contributed by atoms with E-state index in [-0.39, 0.29) is 17.9 Å².